The molecule has 0 radical (unpaired) electrons. The first-order valence-electron chi connectivity index (χ1n) is 9.40. The van der Waals surface area contributed by atoms with Crippen LogP contribution in [0.5, 0.6) is 0 Å². The average Bonchev–Trinajstić information content (AvgIpc) is 2.67. The maximum Gasteiger partial charge on any atom is 0.149 e. The molecule has 5 nitrogen and oxygen atoms in total. The smallest absolute Gasteiger partial charge is 0.149 e. The van der Waals surface area contributed by atoms with E-state index >= 15 is 0 Å². The molecule has 1 saturated heterocycles. The van der Waals surface area contributed by atoms with Crippen LogP contribution in [0.15, 0.2) is 0 Å². The Labute approximate surface area is 153 Å². The largest absolute Gasteiger partial charge is 0.299 e. The van der Waals surface area contributed by atoms with Gasteiger partial charge in [-0.1, -0.05) is 20.8 Å². The third-order valence-electron chi connectivity index (χ3n) is 5.63. The SMILES string of the molecule is Cc1nn(CCS(C)(=O)=O)c(C)c1CN1CCC[C@H](C(C)(C)C)CC1. The third-order valence-corrected chi connectivity index (χ3v) is 6.56. The lowest BCUT2D eigenvalue weighted by Gasteiger charge is -2.29. The Morgan fingerprint density at radius 1 is 1.16 bits per heavy atom. The van der Waals surface area contributed by atoms with E-state index < -0.39 is 9.84 Å². The van der Waals surface area contributed by atoms with Crippen LogP contribution in [-0.2, 0) is 22.9 Å². The fraction of sp³-hybridized carbons (Fsp3) is 0.842. The summed E-state index contributed by atoms with van der Waals surface area (Å²) in [5, 5.41) is 4.58. The van der Waals surface area contributed by atoms with Gasteiger partial charge in [-0.25, -0.2) is 8.42 Å². The van der Waals surface area contributed by atoms with Crippen molar-refractivity contribution in [3.8, 4) is 0 Å². The Morgan fingerprint density at radius 3 is 2.44 bits per heavy atom. The highest BCUT2D eigenvalue weighted by Gasteiger charge is 2.27. The summed E-state index contributed by atoms with van der Waals surface area (Å²) < 4.78 is 24.7. The van der Waals surface area contributed by atoms with E-state index in [4.69, 9.17) is 0 Å². The first-order chi connectivity index (χ1) is 11.5. The monoisotopic (exact) mass is 369 g/mol. The molecule has 1 aliphatic rings. The van der Waals surface area contributed by atoms with Gasteiger partial charge >= 0.3 is 0 Å². The van der Waals surface area contributed by atoms with E-state index in [1.54, 1.807) is 0 Å². The molecule has 0 bridgehead atoms. The molecule has 0 amide bonds. The van der Waals surface area contributed by atoms with Crippen LogP contribution in [0.4, 0.5) is 0 Å². The molecule has 0 aromatic carbocycles. The van der Waals surface area contributed by atoms with Crippen molar-refractivity contribution in [3.63, 3.8) is 0 Å². The van der Waals surface area contributed by atoms with E-state index in [0.29, 0.717) is 12.0 Å². The number of sulfone groups is 1. The van der Waals surface area contributed by atoms with Crippen LogP contribution < -0.4 is 0 Å². The topological polar surface area (TPSA) is 55.2 Å². The van der Waals surface area contributed by atoms with Crippen molar-refractivity contribution in [1.29, 1.82) is 0 Å². The Balaban J connectivity index is 2.04. The van der Waals surface area contributed by atoms with Crippen molar-refractivity contribution in [2.45, 2.75) is 67.0 Å². The molecule has 0 saturated carbocycles. The molecule has 2 rings (SSSR count). The highest BCUT2D eigenvalue weighted by molar-refractivity contribution is 7.90. The fourth-order valence-corrected chi connectivity index (χ4v) is 4.34. The molecule has 1 atom stereocenters. The van der Waals surface area contributed by atoms with Gasteiger partial charge in [-0.2, -0.15) is 5.10 Å². The molecule has 1 fully saturated rings. The normalized spacial score (nSPS) is 20.6. The quantitative estimate of drug-likeness (QED) is 0.800. The summed E-state index contributed by atoms with van der Waals surface area (Å²) in [4.78, 5) is 2.55. The number of rotatable bonds is 5. The van der Waals surface area contributed by atoms with Crippen molar-refractivity contribution < 1.29 is 8.42 Å². The molecule has 0 spiro atoms. The number of nitrogens with zero attached hydrogens (tertiary/aromatic N) is 3. The van der Waals surface area contributed by atoms with Gasteiger partial charge in [-0.05, 0) is 57.5 Å². The standard InChI is InChI=1S/C19H35N3O2S/c1-15-18(16(2)22(20-15)12-13-25(6,23)24)14-21-10-7-8-17(9-11-21)19(3,4)5/h17H,7-14H2,1-6H3/t17-/m0/s1. The molecule has 0 aliphatic carbocycles. The average molecular weight is 370 g/mol. The van der Waals surface area contributed by atoms with Gasteiger partial charge in [0.2, 0.25) is 0 Å². The minimum atomic E-state index is -2.97. The van der Waals surface area contributed by atoms with Crippen LogP contribution in [0, 0.1) is 25.2 Å². The summed E-state index contributed by atoms with van der Waals surface area (Å²) in [6.45, 7) is 14.8. The highest BCUT2D eigenvalue weighted by Crippen LogP contribution is 2.34. The van der Waals surface area contributed by atoms with Gasteiger partial charge < -0.3 is 0 Å². The van der Waals surface area contributed by atoms with Crippen molar-refractivity contribution in [2.75, 3.05) is 25.1 Å². The van der Waals surface area contributed by atoms with Crippen LogP contribution in [0.3, 0.4) is 0 Å². The molecule has 1 aromatic rings. The maximum absolute atomic E-state index is 11.4. The van der Waals surface area contributed by atoms with Crippen molar-refractivity contribution in [3.05, 3.63) is 17.0 Å². The predicted molar refractivity (Wildman–Crippen MR) is 103 cm³/mol. The molecule has 144 valence electrons. The van der Waals surface area contributed by atoms with Gasteiger partial charge in [0.15, 0.2) is 0 Å². The number of likely N-dealkylation sites (tertiary alicyclic amines) is 1. The molecule has 2 heterocycles. The third kappa shape index (κ3) is 5.81. The molecule has 25 heavy (non-hydrogen) atoms. The van der Waals surface area contributed by atoms with Crippen LogP contribution in [0.25, 0.3) is 0 Å². The Kier molecular flexibility index (Phi) is 6.36. The van der Waals surface area contributed by atoms with Gasteiger partial charge in [0.05, 0.1) is 18.0 Å². The number of hydrogen-bond donors (Lipinski definition) is 0. The second kappa shape index (κ2) is 7.78. The zero-order chi connectivity index (χ0) is 18.8. The highest BCUT2D eigenvalue weighted by atomic mass is 32.2. The lowest BCUT2D eigenvalue weighted by molar-refractivity contribution is 0.206. The summed E-state index contributed by atoms with van der Waals surface area (Å²) in [7, 11) is -2.97. The second-order valence-corrected chi connectivity index (χ2v) is 11.0. The minimum absolute atomic E-state index is 0.144. The van der Waals surface area contributed by atoms with Crippen LogP contribution in [0.1, 0.15) is 57.0 Å². The van der Waals surface area contributed by atoms with Crippen molar-refractivity contribution in [2.24, 2.45) is 11.3 Å². The van der Waals surface area contributed by atoms with E-state index in [2.05, 4.69) is 37.7 Å². The maximum atomic E-state index is 11.4. The zero-order valence-corrected chi connectivity index (χ0v) is 17.6. The van der Waals surface area contributed by atoms with Gasteiger partial charge in [0.25, 0.3) is 0 Å². The number of aryl methyl sites for hydroxylation is 2. The summed E-state index contributed by atoms with van der Waals surface area (Å²) >= 11 is 0. The summed E-state index contributed by atoms with van der Waals surface area (Å²) in [6.07, 6.45) is 5.10. The second-order valence-electron chi connectivity index (χ2n) is 8.77. The van der Waals surface area contributed by atoms with E-state index in [0.717, 1.165) is 36.9 Å². The molecule has 1 aliphatic heterocycles. The lowest BCUT2D eigenvalue weighted by Crippen LogP contribution is -2.26. The van der Waals surface area contributed by atoms with Gasteiger partial charge in [0.1, 0.15) is 9.84 Å². The van der Waals surface area contributed by atoms with Gasteiger partial charge in [-0.3, -0.25) is 9.58 Å². The molecular formula is C19H35N3O2S. The summed E-state index contributed by atoms with van der Waals surface area (Å²) in [5.41, 5.74) is 3.79. The molecule has 1 aromatic heterocycles. The lowest BCUT2D eigenvalue weighted by atomic mass is 9.77. The Hall–Kier alpha value is -0.880. The zero-order valence-electron chi connectivity index (χ0n) is 16.8. The number of aromatic nitrogens is 2. The first kappa shape index (κ1) is 20.4. The van der Waals surface area contributed by atoms with E-state index in [9.17, 15) is 8.42 Å². The summed E-state index contributed by atoms with van der Waals surface area (Å²) in [6, 6.07) is 0. The molecule has 0 N–H and O–H groups in total. The van der Waals surface area contributed by atoms with Crippen LogP contribution >= 0.6 is 0 Å². The van der Waals surface area contributed by atoms with Crippen molar-refractivity contribution in [1.82, 2.24) is 14.7 Å². The summed E-state index contributed by atoms with van der Waals surface area (Å²) in [5.74, 6) is 0.933. The van der Waals surface area contributed by atoms with Gasteiger partial charge in [0, 0.05) is 24.1 Å². The Morgan fingerprint density at radius 2 is 1.84 bits per heavy atom. The van der Waals surface area contributed by atoms with E-state index in [-0.39, 0.29) is 5.75 Å². The van der Waals surface area contributed by atoms with E-state index in [1.807, 2.05) is 11.6 Å². The fourth-order valence-electron chi connectivity index (χ4n) is 3.84. The first-order valence-corrected chi connectivity index (χ1v) is 11.5. The molecule has 6 heteroatoms. The Bertz CT molecular complexity index is 686. The van der Waals surface area contributed by atoms with E-state index in [1.165, 1.54) is 31.1 Å². The minimum Gasteiger partial charge on any atom is -0.299 e. The van der Waals surface area contributed by atoms with Gasteiger partial charge in [-0.15, -0.1) is 0 Å². The van der Waals surface area contributed by atoms with Crippen molar-refractivity contribution >= 4 is 9.84 Å². The van der Waals surface area contributed by atoms with Crippen LogP contribution in [-0.4, -0.2) is 48.2 Å². The molecule has 0 unspecified atom stereocenters. The molecular weight excluding hydrogens is 334 g/mol. The predicted octanol–water partition coefficient (Wildman–Crippen LogP) is 3.19. The van der Waals surface area contributed by atoms with Crippen LogP contribution in [0.2, 0.25) is 0 Å². The number of hydrogen-bond acceptors (Lipinski definition) is 4.